The van der Waals surface area contributed by atoms with E-state index in [1.807, 2.05) is 17.7 Å². The van der Waals surface area contributed by atoms with Gasteiger partial charge >= 0.3 is 6.03 Å². The van der Waals surface area contributed by atoms with Gasteiger partial charge in [-0.25, -0.2) is 22.9 Å². The molecule has 0 saturated carbocycles. The maximum Gasteiger partial charge on any atom is 0.333 e. The van der Waals surface area contributed by atoms with Crippen molar-refractivity contribution in [3.8, 4) is 5.69 Å². The molecule has 3 aromatic carbocycles. The molecule has 0 aliphatic carbocycles. The standard InChI is InChI=1S/C24H20Br2N4O4S/c1-13-4-6-17(7-5-13)28-24(32)29-35(33,34)18-8-9-21(14(2)10-18)30-15(3)27-22-19(23(30)31)11-16(25)12-20(22)26/h4-12H,1-3H3,(H2,28,29,32). The van der Waals surface area contributed by atoms with Crippen molar-refractivity contribution in [3.05, 3.63) is 90.8 Å². The first-order chi connectivity index (χ1) is 16.5. The van der Waals surface area contributed by atoms with Crippen LogP contribution in [0.1, 0.15) is 17.0 Å². The molecule has 0 spiro atoms. The number of nitrogens with zero attached hydrogens (tertiary/aromatic N) is 2. The van der Waals surface area contributed by atoms with E-state index in [4.69, 9.17) is 0 Å². The van der Waals surface area contributed by atoms with Gasteiger partial charge in [0.25, 0.3) is 15.6 Å². The molecule has 8 nitrogen and oxygen atoms in total. The molecule has 1 heterocycles. The number of urea groups is 1. The number of hydrogen-bond acceptors (Lipinski definition) is 5. The monoisotopic (exact) mass is 618 g/mol. The van der Waals surface area contributed by atoms with E-state index in [1.54, 1.807) is 44.2 Å². The smallest absolute Gasteiger partial charge is 0.307 e. The van der Waals surface area contributed by atoms with Gasteiger partial charge in [0.05, 0.1) is 21.5 Å². The summed E-state index contributed by atoms with van der Waals surface area (Å²) in [7, 11) is -4.15. The average molecular weight is 620 g/mol. The Balaban J connectivity index is 1.67. The molecule has 0 atom stereocenters. The minimum absolute atomic E-state index is 0.109. The number of anilines is 1. The third-order valence-electron chi connectivity index (χ3n) is 5.31. The zero-order valence-electron chi connectivity index (χ0n) is 18.9. The van der Waals surface area contributed by atoms with Crippen molar-refractivity contribution >= 4 is 64.5 Å². The second-order valence-corrected chi connectivity index (χ2v) is 11.4. The number of aromatic nitrogens is 2. The lowest BCUT2D eigenvalue weighted by atomic mass is 10.2. The van der Waals surface area contributed by atoms with Gasteiger partial charge < -0.3 is 5.32 Å². The van der Waals surface area contributed by atoms with E-state index in [1.165, 1.54) is 22.8 Å². The maximum atomic E-state index is 13.3. The predicted octanol–water partition coefficient (Wildman–Crippen LogP) is 5.35. The van der Waals surface area contributed by atoms with Gasteiger partial charge in [-0.15, -0.1) is 0 Å². The first-order valence-electron chi connectivity index (χ1n) is 10.4. The number of carbonyl (C=O) groups is 1. The number of halogens is 2. The van der Waals surface area contributed by atoms with Crippen LogP contribution >= 0.6 is 31.9 Å². The third-order valence-corrected chi connectivity index (χ3v) is 7.71. The molecule has 0 radical (unpaired) electrons. The van der Waals surface area contributed by atoms with Crippen LogP contribution in [-0.4, -0.2) is 24.0 Å². The highest BCUT2D eigenvalue weighted by atomic mass is 79.9. The van der Waals surface area contributed by atoms with E-state index >= 15 is 0 Å². The van der Waals surface area contributed by atoms with Crippen LogP contribution in [0.4, 0.5) is 10.5 Å². The maximum absolute atomic E-state index is 13.3. The molecule has 2 N–H and O–H groups in total. The molecule has 0 bridgehead atoms. The second-order valence-electron chi connectivity index (χ2n) is 7.96. The number of benzene rings is 3. The Kier molecular flexibility index (Phi) is 6.85. The summed E-state index contributed by atoms with van der Waals surface area (Å²) in [4.78, 5) is 30.0. The van der Waals surface area contributed by atoms with E-state index in [0.29, 0.717) is 38.1 Å². The van der Waals surface area contributed by atoms with Crippen LogP contribution in [0.3, 0.4) is 0 Å². The predicted molar refractivity (Wildman–Crippen MR) is 143 cm³/mol. The molecular formula is C24H20Br2N4O4S. The number of fused-ring (bicyclic) bond motifs is 1. The zero-order chi connectivity index (χ0) is 25.5. The molecule has 0 fully saturated rings. The van der Waals surface area contributed by atoms with Crippen LogP contribution in [0, 0.1) is 20.8 Å². The van der Waals surface area contributed by atoms with Gasteiger partial charge in [-0.3, -0.25) is 9.36 Å². The minimum atomic E-state index is -4.15. The highest BCUT2D eigenvalue weighted by molar-refractivity contribution is 9.11. The number of carbonyl (C=O) groups excluding carboxylic acids is 1. The fourth-order valence-electron chi connectivity index (χ4n) is 3.63. The average Bonchev–Trinajstić information content (AvgIpc) is 2.77. The summed E-state index contributed by atoms with van der Waals surface area (Å²) < 4.78 is 30.5. The van der Waals surface area contributed by atoms with Crippen molar-refractivity contribution in [2.75, 3.05) is 5.32 Å². The number of nitrogens with one attached hydrogen (secondary N) is 2. The van der Waals surface area contributed by atoms with Crippen molar-refractivity contribution in [1.29, 1.82) is 0 Å². The van der Waals surface area contributed by atoms with Crippen LogP contribution in [0.5, 0.6) is 0 Å². The van der Waals surface area contributed by atoms with Gasteiger partial charge in [-0.2, -0.15) is 0 Å². The highest BCUT2D eigenvalue weighted by Gasteiger charge is 2.20. The van der Waals surface area contributed by atoms with Gasteiger partial charge in [0.1, 0.15) is 5.82 Å². The number of sulfonamides is 1. The summed E-state index contributed by atoms with van der Waals surface area (Å²) in [6.45, 7) is 5.30. The SMILES string of the molecule is Cc1ccc(NC(=O)NS(=O)(=O)c2ccc(-n3c(C)nc4c(Br)cc(Br)cc4c3=O)c(C)c2)cc1. The summed E-state index contributed by atoms with van der Waals surface area (Å²) in [6, 6.07) is 13.9. The Labute approximate surface area is 218 Å². The van der Waals surface area contributed by atoms with Crippen molar-refractivity contribution in [2.45, 2.75) is 25.7 Å². The van der Waals surface area contributed by atoms with Gasteiger partial charge in [0.15, 0.2) is 0 Å². The van der Waals surface area contributed by atoms with Gasteiger partial charge in [-0.05, 0) is 84.7 Å². The third kappa shape index (κ3) is 5.16. The molecule has 2 amide bonds. The summed E-state index contributed by atoms with van der Waals surface area (Å²) in [5, 5.41) is 2.90. The van der Waals surface area contributed by atoms with Crippen molar-refractivity contribution in [1.82, 2.24) is 14.3 Å². The lowest BCUT2D eigenvalue weighted by Gasteiger charge is -2.15. The Hall–Kier alpha value is -3.02. The summed E-state index contributed by atoms with van der Waals surface area (Å²) in [5.41, 5.74) is 2.73. The van der Waals surface area contributed by atoms with Crippen LogP contribution in [0.2, 0.25) is 0 Å². The minimum Gasteiger partial charge on any atom is -0.307 e. The van der Waals surface area contributed by atoms with E-state index in [2.05, 4.69) is 42.2 Å². The molecule has 0 aliphatic rings. The molecule has 0 unspecified atom stereocenters. The Bertz CT molecular complexity index is 1650. The number of aryl methyl sites for hydroxylation is 3. The van der Waals surface area contributed by atoms with Gasteiger partial charge in [-0.1, -0.05) is 33.6 Å². The Morgan fingerprint density at radius 2 is 1.66 bits per heavy atom. The molecule has 1 aromatic heterocycles. The molecule has 35 heavy (non-hydrogen) atoms. The normalized spacial score (nSPS) is 11.5. The van der Waals surface area contributed by atoms with Crippen LogP contribution < -0.4 is 15.6 Å². The highest BCUT2D eigenvalue weighted by Crippen LogP contribution is 2.27. The lowest BCUT2D eigenvalue weighted by molar-refractivity contribution is 0.256. The molecule has 0 saturated heterocycles. The van der Waals surface area contributed by atoms with Crippen LogP contribution in [0.25, 0.3) is 16.6 Å². The summed E-state index contributed by atoms with van der Waals surface area (Å²) in [6.07, 6.45) is 0. The van der Waals surface area contributed by atoms with Crippen molar-refractivity contribution < 1.29 is 13.2 Å². The molecule has 0 aliphatic heterocycles. The first-order valence-corrected chi connectivity index (χ1v) is 13.4. The molecule has 4 rings (SSSR count). The van der Waals surface area contributed by atoms with E-state index < -0.39 is 16.1 Å². The number of rotatable bonds is 4. The Morgan fingerprint density at radius 3 is 2.31 bits per heavy atom. The second kappa shape index (κ2) is 9.56. The van der Waals surface area contributed by atoms with E-state index in [-0.39, 0.29) is 10.5 Å². The topological polar surface area (TPSA) is 110 Å². The van der Waals surface area contributed by atoms with E-state index in [9.17, 15) is 18.0 Å². The Morgan fingerprint density at radius 1 is 0.971 bits per heavy atom. The molecule has 11 heteroatoms. The number of hydrogen-bond donors (Lipinski definition) is 2. The largest absolute Gasteiger partial charge is 0.333 e. The lowest BCUT2D eigenvalue weighted by Crippen LogP contribution is -2.34. The fourth-order valence-corrected chi connectivity index (χ4v) is 5.93. The molecule has 180 valence electrons. The van der Waals surface area contributed by atoms with Crippen LogP contribution in [0.15, 0.2) is 73.2 Å². The first kappa shape index (κ1) is 25.1. The van der Waals surface area contributed by atoms with E-state index in [0.717, 1.165) is 10.0 Å². The van der Waals surface area contributed by atoms with Crippen molar-refractivity contribution in [2.24, 2.45) is 0 Å². The van der Waals surface area contributed by atoms with Gasteiger partial charge in [0.2, 0.25) is 0 Å². The fraction of sp³-hybridized carbons (Fsp3) is 0.125. The summed E-state index contributed by atoms with van der Waals surface area (Å²) >= 11 is 6.83. The van der Waals surface area contributed by atoms with Gasteiger partial charge in [0, 0.05) is 14.6 Å². The summed E-state index contributed by atoms with van der Waals surface area (Å²) in [5.74, 6) is 0.444. The molecule has 4 aromatic rings. The zero-order valence-corrected chi connectivity index (χ0v) is 22.9. The van der Waals surface area contributed by atoms with Crippen LogP contribution in [-0.2, 0) is 10.0 Å². The quantitative estimate of drug-likeness (QED) is 0.320. The van der Waals surface area contributed by atoms with Crippen molar-refractivity contribution in [3.63, 3.8) is 0 Å². The molecular weight excluding hydrogens is 600 g/mol. The number of amides is 2.